The maximum atomic E-state index is 12.7. The van der Waals surface area contributed by atoms with Gasteiger partial charge in [0.2, 0.25) is 15.9 Å². The molecule has 1 atom stereocenters. The van der Waals surface area contributed by atoms with Crippen LogP contribution in [-0.4, -0.2) is 75.0 Å². The number of hydrogen-bond acceptors (Lipinski definition) is 5. The van der Waals surface area contributed by atoms with Gasteiger partial charge in [0, 0.05) is 33.2 Å². The first-order valence-electron chi connectivity index (χ1n) is 9.08. The second kappa shape index (κ2) is 6.60. The van der Waals surface area contributed by atoms with Crippen LogP contribution in [-0.2, 0) is 19.6 Å². The molecule has 3 fully saturated rings. The van der Waals surface area contributed by atoms with Crippen LogP contribution in [0.15, 0.2) is 35.2 Å². The quantitative estimate of drug-likeness (QED) is 0.795. The van der Waals surface area contributed by atoms with Gasteiger partial charge in [-0.05, 0) is 30.9 Å². The summed E-state index contributed by atoms with van der Waals surface area (Å²) in [4.78, 5) is 14.7. The molecule has 8 heteroatoms. The van der Waals surface area contributed by atoms with Gasteiger partial charge in [-0.3, -0.25) is 9.69 Å². The van der Waals surface area contributed by atoms with Crippen LogP contribution in [0.25, 0.3) is 0 Å². The average molecular weight is 379 g/mol. The zero-order valence-electron chi connectivity index (χ0n) is 14.9. The van der Waals surface area contributed by atoms with Crippen LogP contribution >= 0.6 is 0 Å². The summed E-state index contributed by atoms with van der Waals surface area (Å²) in [7, 11) is -1.85. The molecule has 1 aliphatic carbocycles. The lowest BCUT2D eigenvalue weighted by Crippen LogP contribution is -2.73. The SMILES string of the molecule is CNC(=O)C1COC2(CN1CC1CC1)CN(S(=O)(=O)c1ccccc1)C2. The molecule has 0 aromatic heterocycles. The minimum Gasteiger partial charge on any atom is -0.369 e. The summed E-state index contributed by atoms with van der Waals surface area (Å²) in [6.07, 6.45) is 2.42. The Morgan fingerprint density at radius 3 is 2.54 bits per heavy atom. The number of rotatable bonds is 5. The summed E-state index contributed by atoms with van der Waals surface area (Å²) >= 11 is 0. The molecule has 2 aliphatic heterocycles. The zero-order chi connectivity index (χ0) is 18.4. The molecule has 1 saturated carbocycles. The second-order valence-corrected chi connectivity index (χ2v) is 9.52. The minimum atomic E-state index is -3.48. The highest BCUT2D eigenvalue weighted by molar-refractivity contribution is 7.89. The summed E-state index contributed by atoms with van der Waals surface area (Å²) in [6.45, 7) is 2.47. The number of nitrogens with one attached hydrogen (secondary N) is 1. The molecule has 4 rings (SSSR count). The van der Waals surface area contributed by atoms with E-state index in [0.29, 0.717) is 37.1 Å². The predicted octanol–water partition coefficient (Wildman–Crippen LogP) is 0.287. The molecule has 1 amide bonds. The molecule has 0 bridgehead atoms. The fraction of sp³-hybridized carbons (Fsp3) is 0.611. The topological polar surface area (TPSA) is 79.0 Å². The standard InChI is InChI=1S/C18H25N3O4S/c1-19-17(22)16-10-25-18(11-20(16)9-14-7-8-14)12-21(13-18)26(23,24)15-5-3-2-4-6-15/h2-6,14,16H,7-13H2,1H3,(H,19,22). The van der Waals surface area contributed by atoms with Crippen LogP contribution in [0.1, 0.15) is 12.8 Å². The molecule has 1 N–H and O–H groups in total. The molecule has 1 aromatic carbocycles. The summed E-state index contributed by atoms with van der Waals surface area (Å²) in [6, 6.07) is 8.20. The van der Waals surface area contributed by atoms with Gasteiger partial charge in [-0.1, -0.05) is 18.2 Å². The summed E-state index contributed by atoms with van der Waals surface area (Å²) in [5.41, 5.74) is -0.499. The van der Waals surface area contributed by atoms with Crippen molar-refractivity contribution < 1.29 is 17.9 Å². The normalized spacial score (nSPS) is 26.4. The van der Waals surface area contributed by atoms with Crippen molar-refractivity contribution >= 4 is 15.9 Å². The van der Waals surface area contributed by atoms with E-state index in [1.807, 2.05) is 0 Å². The highest BCUT2D eigenvalue weighted by Crippen LogP contribution is 2.37. The number of amides is 1. The van der Waals surface area contributed by atoms with Crippen LogP contribution < -0.4 is 5.32 Å². The van der Waals surface area contributed by atoms with E-state index in [1.54, 1.807) is 37.4 Å². The van der Waals surface area contributed by atoms with Crippen molar-refractivity contribution in [3.63, 3.8) is 0 Å². The van der Waals surface area contributed by atoms with Gasteiger partial charge < -0.3 is 10.1 Å². The smallest absolute Gasteiger partial charge is 0.243 e. The van der Waals surface area contributed by atoms with Crippen LogP contribution in [0.5, 0.6) is 0 Å². The van der Waals surface area contributed by atoms with Gasteiger partial charge in [0.25, 0.3) is 0 Å². The van der Waals surface area contributed by atoms with Gasteiger partial charge in [-0.25, -0.2) is 8.42 Å². The van der Waals surface area contributed by atoms with Gasteiger partial charge in [-0.15, -0.1) is 0 Å². The lowest BCUT2D eigenvalue weighted by molar-refractivity contribution is -0.185. The molecule has 1 unspecified atom stereocenters. The molecule has 7 nitrogen and oxygen atoms in total. The van der Waals surface area contributed by atoms with Crippen molar-refractivity contribution in [3.8, 4) is 0 Å². The molecule has 142 valence electrons. The Hall–Kier alpha value is -1.48. The van der Waals surface area contributed by atoms with Gasteiger partial charge >= 0.3 is 0 Å². The molecular formula is C18H25N3O4S. The number of hydrogen-bond donors (Lipinski definition) is 1. The highest BCUT2D eigenvalue weighted by atomic mass is 32.2. The third kappa shape index (κ3) is 3.26. The van der Waals surface area contributed by atoms with Crippen LogP contribution in [0.4, 0.5) is 0 Å². The van der Waals surface area contributed by atoms with E-state index < -0.39 is 15.6 Å². The van der Waals surface area contributed by atoms with E-state index in [4.69, 9.17) is 4.74 Å². The molecule has 3 aliphatic rings. The largest absolute Gasteiger partial charge is 0.369 e. The maximum absolute atomic E-state index is 12.7. The van der Waals surface area contributed by atoms with E-state index in [0.717, 1.165) is 6.54 Å². The van der Waals surface area contributed by atoms with Crippen LogP contribution in [0.3, 0.4) is 0 Å². The predicted molar refractivity (Wildman–Crippen MR) is 96.0 cm³/mol. The summed E-state index contributed by atoms with van der Waals surface area (Å²) in [5.74, 6) is 0.620. The van der Waals surface area contributed by atoms with Gasteiger partial charge in [0.15, 0.2) is 0 Å². The van der Waals surface area contributed by atoms with Gasteiger partial charge in [0.1, 0.15) is 11.6 Å². The Morgan fingerprint density at radius 1 is 1.23 bits per heavy atom. The molecule has 1 spiro atoms. The average Bonchev–Trinajstić information content (AvgIpc) is 3.43. The van der Waals surface area contributed by atoms with E-state index in [2.05, 4.69) is 10.2 Å². The zero-order valence-corrected chi connectivity index (χ0v) is 15.7. The Morgan fingerprint density at radius 2 is 1.92 bits per heavy atom. The Balaban J connectivity index is 1.45. The van der Waals surface area contributed by atoms with E-state index in [-0.39, 0.29) is 11.9 Å². The Labute approximate surface area is 154 Å². The van der Waals surface area contributed by atoms with E-state index >= 15 is 0 Å². The van der Waals surface area contributed by atoms with Crippen LogP contribution in [0, 0.1) is 5.92 Å². The first-order chi connectivity index (χ1) is 12.4. The summed E-state index contributed by atoms with van der Waals surface area (Å²) in [5, 5.41) is 2.71. The van der Waals surface area contributed by atoms with Crippen molar-refractivity contribution in [2.75, 3.05) is 39.8 Å². The van der Waals surface area contributed by atoms with Gasteiger partial charge in [0.05, 0.1) is 11.5 Å². The lowest BCUT2D eigenvalue weighted by Gasteiger charge is -2.54. The highest BCUT2D eigenvalue weighted by Gasteiger charge is 2.54. The number of carbonyl (C=O) groups excluding carboxylic acids is 1. The van der Waals surface area contributed by atoms with Crippen LogP contribution in [0.2, 0.25) is 0 Å². The Bertz CT molecular complexity index is 773. The van der Waals surface area contributed by atoms with Crippen molar-refractivity contribution in [1.82, 2.24) is 14.5 Å². The molecule has 0 radical (unpaired) electrons. The monoisotopic (exact) mass is 379 g/mol. The number of morpholine rings is 1. The number of ether oxygens (including phenoxy) is 1. The molecule has 2 heterocycles. The fourth-order valence-corrected chi connectivity index (χ4v) is 5.43. The first-order valence-corrected chi connectivity index (χ1v) is 10.5. The number of likely N-dealkylation sites (N-methyl/N-ethyl adjacent to an activating group) is 1. The Kier molecular flexibility index (Phi) is 4.54. The van der Waals surface area contributed by atoms with Gasteiger partial charge in [-0.2, -0.15) is 4.31 Å². The molecule has 26 heavy (non-hydrogen) atoms. The second-order valence-electron chi connectivity index (χ2n) is 7.58. The van der Waals surface area contributed by atoms with E-state index in [9.17, 15) is 13.2 Å². The van der Waals surface area contributed by atoms with Crippen molar-refractivity contribution in [1.29, 1.82) is 0 Å². The van der Waals surface area contributed by atoms with Crippen molar-refractivity contribution in [2.45, 2.75) is 29.4 Å². The van der Waals surface area contributed by atoms with E-state index in [1.165, 1.54) is 17.1 Å². The number of carbonyl (C=O) groups is 1. The van der Waals surface area contributed by atoms with Crippen molar-refractivity contribution in [2.24, 2.45) is 5.92 Å². The summed E-state index contributed by atoms with van der Waals surface area (Å²) < 4.78 is 32.9. The number of benzene rings is 1. The lowest BCUT2D eigenvalue weighted by atomic mass is 9.92. The molecule has 2 saturated heterocycles. The first kappa shape index (κ1) is 17.9. The third-order valence-electron chi connectivity index (χ3n) is 5.53. The fourth-order valence-electron chi connectivity index (χ4n) is 3.82. The minimum absolute atomic E-state index is 0.0337. The molecule has 1 aromatic rings. The molecular weight excluding hydrogens is 354 g/mol. The third-order valence-corrected chi connectivity index (χ3v) is 7.33. The van der Waals surface area contributed by atoms with Crippen molar-refractivity contribution in [3.05, 3.63) is 30.3 Å². The number of sulfonamides is 1. The number of nitrogens with zero attached hydrogens (tertiary/aromatic N) is 2. The maximum Gasteiger partial charge on any atom is 0.243 e.